The predicted molar refractivity (Wildman–Crippen MR) is 75.1 cm³/mol. The van der Waals surface area contributed by atoms with Crippen LogP contribution >= 0.6 is 11.6 Å². The molecule has 5 heteroatoms. The quantitative estimate of drug-likeness (QED) is 0.919. The summed E-state index contributed by atoms with van der Waals surface area (Å²) in [5.74, 6) is -0.719. The Morgan fingerprint density at radius 3 is 2.90 bits per heavy atom. The van der Waals surface area contributed by atoms with Crippen molar-refractivity contribution in [3.63, 3.8) is 0 Å². The van der Waals surface area contributed by atoms with Gasteiger partial charge in [0.05, 0.1) is 18.9 Å². The van der Waals surface area contributed by atoms with Crippen molar-refractivity contribution >= 4 is 17.5 Å². The number of nitrogens with one attached hydrogen (secondary N) is 1. The van der Waals surface area contributed by atoms with Crippen LogP contribution in [0.3, 0.4) is 0 Å². The van der Waals surface area contributed by atoms with Crippen LogP contribution in [0.2, 0.25) is 5.02 Å². The summed E-state index contributed by atoms with van der Waals surface area (Å²) >= 11 is 5.89. The minimum absolute atomic E-state index is 0.0642. The van der Waals surface area contributed by atoms with Gasteiger partial charge in [-0.15, -0.1) is 0 Å². The molecule has 0 aliphatic rings. The third-order valence-electron chi connectivity index (χ3n) is 2.93. The molecule has 0 radical (unpaired) electrons. The molecule has 2 aromatic rings. The van der Waals surface area contributed by atoms with E-state index in [9.17, 15) is 9.18 Å². The molecule has 1 heterocycles. The minimum Gasteiger partial charge on any atom is -0.472 e. The molecule has 3 nitrogen and oxygen atoms in total. The van der Waals surface area contributed by atoms with E-state index in [0.29, 0.717) is 6.42 Å². The second-order valence-electron chi connectivity index (χ2n) is 4.68. The zero-order chi connectivity index (χ0) is 14.5. The first kappa shape index (κ1) is 14.6. The van der Waals surface area contributed by atoms with Crippen molar-refractivity contribution in [1.29, 1.82) is 0 Å². The molecule has 2 rings (SSSR count). The van der Waals surface area contributed by atoms with Crippen LogP contribution in [0.4, 0.5) is 4.39 Å². The Morgan fingerprint density at radius 1 is 1.45 bits per heavy atom. The number of benzene rings is 1. The van der Waals surface area contributed by atoms with Crippen LogP contribution in [-0.2, 0) is 17.6 Å². The molecule has 106 valence electrons. The van der Waals surface area contributed by atoms with Crippen molar-refractivity contribution in [2.24, 2.45) is 0 Å². The van der Waals surface area contributed by atoms with Gasteiger partial charge in [-0.05, 0) is 37.1 Å². The lowest BCUT2D eigenvalue weighted by molar-refractivity contribution is -0.121. The Hall–Kier alpha value is -1.81. The Kier molecular flexibility index (Phi) is 4.79. The van der Waals surface area contributed by atoms with Crippen molar-refractivity contribution in [1.82, 2.24) is 5.32 Å². The maximum atomic E-state index is 13.6. The first-order valence-electron chi connectivity index (χ1n) is 6.29. The molecule has 1 N–H and O–H groups in total. The molecule has 0 aliphatic heterocycles. The number of furan rings is 1. The van der Waals surface area contributed by atoms with Gasteiger partial charge in [0.1, 0.15) is 5.82 Å². The highest BCUT2D eigenvalue weighted by molar-refractivity contribution is 6.31. The van der Waals surface area contributed by atoms with Crippen LogP contribution in [0.25, 0.3) is 0 Å². The van der Waals surface area contributed by atoms with Gasteiger partial charge < -0.3 is 9.73 Å². The van der Waals surface area contributed by atoms with Crippen LogP contribution in [-0.4, -0.2) is 11.9 Å². The molecule has 1 aromatic carbocycles. The molecule has 0 bridgehead atoms. The van der Waals surface area contributed by atoms with Gasteiger partial charge in [-0.3, -0.25) is 4.79 Å². The molecule has 1 amide bonds. The monoisotopic (exact) mass is 295 g/mol. The van der Waals surface area contributed by atoms with Crippen LogP contribution in [0.5, 0.6) is 0 Å². The van der Waals surface area contributed by atoms with E-state index in [1.165, 1.54) is 12.1 Å². The van der Waals surface area contributed by atoms with Gasteiger partial charge in [0.15, 0.2) is 0 Å². The lowest BCUT2D eigenvalue weighted by atomic mass is 10.1. The van der Waals surface area contributed by atoms with Gasteiger partial charge in [0, 0.05) is 16.6 Å². The fraction of sp³-hybridized carbons (Fsp3) is 0.267. The summed E-state index contributed by atoms with van der Waals surface area (Å²) in [6.45, 7) is 1.88. The number of halogens is 2. The van der Waals surface area contributed by atoms with Gasteiger partial charge in [-0.1, -0.05) is 17.7 Å². The lowest BCUT2D eigenvalue weighted by Crippen LogP contribution is -2.35. The van der Waals surface area contributed by atoms with Crippen LogP contribution < -0.4 is 5.32 Å². The summed E-state index contributed by atoms with van der Waals surface area (Å²) in [7, 11) is 0. The van der Waals surface area contributed by atoms with Gasteiger partial charge in [-0.2, -0.15) is 0 Å². The molecular formula is C15H15ClFNO2. The fourth-order valence-electron chi connectivity index (χ4n) is 2.00. The highest BCUT2D eigenvalue weighted by atomic mass is 35.5. The smallest absolute Gasteiger partial charge is 0.224 e. The number of amides is 1. The standard InChI is InChI=1S/C15H15ClFNO2/c1-10(7-11-5-6-20-9-11)18-15(19)8-12-13(16)3-2-4-14(12)17/h2-6,9-10H,7-8H2,1H3,(H,18,19)/t10-/m0/s1. The largest absolute Gasteiger partial charge is 0.472 e. The first-order valence-corrected chi connectivity index (χ1v) is 6.67. The van der Waals surface area contributed by atoms with E-state index in [4.69, 9.17) is 16.0 Å². The zero-order valence-corrected chi connectivity index (χ0v) is 11.8. The molecule has 1 aromatic heterocycles. The Balaban J connectivity index is 1.92. The number of carbonyl (C=O) groups excluding carboxylic acids is 1. The summed E-state index contributed by atoms with van der Waals surface area (Å²) in [5.41, 5.74) is 1.23. The van der Waals surface area contributed by atoms with Crippen LogP contribution in [0.1, 0.15) is 18.1 Å². The molecule has 0 fully saturated rings. The Morgan fingerprint density at radius 2 is 2.25 bits per heavy atom. The van der Waals surface area contributed by atoms with Crippen molar-refractivity contribution in [2.75, 3.05) is 0 Å². The molecule has 0 saturated carbocycles. The maximum Gasteiger partial charge on any atom is 0.224 e. The molecule has 0 spiro atoms. The highest BCUT2D eigenvalue weighted by Crippen LogP contribution is 2.19. The van der Waals surface area contributed by atoms with E-state index < -0.39 is 5.82 Å². The van der Waals surface area contributed by atoms with Crippen molar-refractivity contribution in [3.05, 3.63) is 58.8 Å². The average molecular weight is 296 g/mol. The summed E-state index contributed by atoms with van der Waals surface area (Å²) in [6, 6.07) is 6.16. The van der Waals surface area contributed by atoms with E-state index in [0.717, 1.165) is 5.56 Å². The lowest BCUT2D eigenvalue weighted by Gasteiger charge is -2.13. The molecule has 0 saturated heterocycles. The number of rotatable bonds is 5. The molecular weight excluding hydrogens is 281 g/mol. The Bertz CT molecular complexity index is 563. The van der Waals surface area contributed by atoms with E-state index >= 15 is 0 Å². The summed E-state index contributed by atoms with van der Waals surface area (Å²) in [6.07, 6.45) is 3.81. The van der Waals surface area contributed by atoms with Gasteiger partial charge in [0.2, 0.25) is 5.91 Å². The van der Waals surface area contributed by atoms with Crippen LogP contribution in [0, 0.1) is 5.82 Å². The van der Waals surface area contributed by atoms with Gasteiger partial charge in [0.25, 0.3) is 0 Å². The number of carbonyl (C=O) groups is 1. The summed E-state index contributed by atoms with van der Waals surface area (Å²) in [4.78, 5) is 11.9. The highest BCUT2D eigenvalue weighted by Gasteiger charge is 2.14. The summed E-state index contributed by atoms with van der Waals surface area (Å²) < 4.78 is 18.5. The maximum absolute atomic E-state index is 13.6. The second kappa shape index (κ2) is 6.57. The topological polar surface area (TPSA) is 42.2 Å². The SMILES string of the molecule is C[C@@H](Cc1ccoc1)NC(=O)Cc1c(F)cccc1Cl. The molecule has 0 aliphatic carbocycles. The first-order chi connectivity index (χ1) is 9.56. The molecule has 1 atom stereocenters. The average Bonchev–Trinajstić information content (AvgIpc) is 2.86. The molecule has 20 heavy (non-hydrogen) atoms. The van der Waals surface area contributed by atoms with Crippen LogP contribution in [0.15, 0.2) is 41.2 Å². The normalized spacial score (nSPS) is 12.2. The van der Waals surface area contributed by atoms with Crippen molar-refractivity contribution in [2.45, 2.75) is 25.8 Å². The van der Waals surface area contributed by atoms with Gasteiger partial charge in [-0.25, -0.2) is 4.39 Å². The van der Waals surface area contributed by atoms with Crippen molar-refractivity contribution < 1.29 is 13.6 Å². The van der Waals surface area contributed by atoms with Gasteiger partial charge >= 0.3 is 0 Å². The minimum atomic E-state index is -0.463. The number of hydrogen-bond acceptors (Lipinski definition) is 2. The third-order valence-corrected chi connectivity index (χ3v) is 3.28. The summed E-state index contributed by atoms with van der Waals surface area (Å²) in [5, 5.41) is 3.08. The van der Waals surface area contributed by atoms with E-state index in [-0.39, 0.29) is 29.0 Å². The predicted octanol–water partition coefficient (Wildman–Crippen LogP) is 3.36. The van der Waals surface area contributed by atoms with E-state index in [1.54, 1.807) is 18.6 Å². The second-order valence-corrected chi connectivity index (χ2v) is 5.09. The van der Waals surface area contributed by atoms with Crippen molar-refractivity contribution in [3.8, 4) is 0 Å². The Labute approximate surface area is 121 Å². The molecule has 0 unspecified atom stereocenters. The number of hydrogen-bond donors (Lipinski definition) is 1. The van der Waals surface area contributed by atoms with E-state index in [2.05, 4.69) is 5.32 Å². The fourth-order valence-corrected chi connectivity index (χ4v) is 2.23. The van der Waals surface area contributed by atoms with E-state index in [1.807, 2.05) is 13.0 Å². The third kappa shape index (κ3) is 3.84. The zero-order valence-electron chi connectivity index (χ0n) is 11.0.